The summed E-state index contributed by atoms with van der Waals surface area (Å²) in [4.78, 5) is 1.47. The number of hydrogen-bond donors (Lipinski definition) is 1. The largest absolute Gasteiger partial charge is 0.389 e. The molecule has 0 aliphatic heterocycles. The fourth-order valence-corrected chi connectivity index (χ4v) is 2.70. The van der Waals surface area contributed by atoms with Gasteiger partial charge in [-0.25, -0.2) is 0 Å². The van der Waals surface area contributed by atoms with Gasteiger partial charge in [0.05, 0.1) is 11.8 Å². The lowest BCUT2D eigenvalue weighted by Crippen LogP contribution is -2.01. The van der Waals surface area contributed by atoms with Gasteiger partial charge in [0.2, 0.25) is 5.82 Å². The minimum atomic E-state index is -0.531. The Hall–Kier alpha value is -2.05. The van der Waals surface area contributed by atoms with Gasteiger partial charge in [-0.15, -0.1) is 15.0 Å². The molecule has 0 amide bonds. The Labute approximate surface area is 130 Å². The number of aromatic nitrogens is 4. The normalized spacial score (nSPS) is 12.3. The Bertz CT molecular complexity index is 755. The van der Waals surface area contributed by atoms with Crippen LogP contribution in [0.4, 0.5) is 0 Å². The topological polar surface area (TPSA) is 63.8 Å². The summed E-state index contributed by atoms with van der Waals surface area (Å²) in [6.45, 7) is 1.72. The van der Waals surface area contributed by atoms with Crippen LogP contribution in [0.5, 0.6) is 0 Å². The predicted octanol–water partition coefficient (Wildman–Crippen LogP) is 3.15. The first kappa shape index (κ1) is 13.9. The number of rotatable bonds is 3. The van der Waals surface area contributed by atoms with Gasteiger partial charge in [-0.05, 0) is 29.8 Å². The van der Waals surface area contributed by atoms with Crippen molar-refractivity contribution in [2.75, 3.05) is 0 Å². The second-order valence-electron chi connectivity index (χ2n) is 4.65. The van der Waals surface area contributed by atoms with Gasteiger partial charge in [0.1, 0.15) is 0 Å². The molecule has 0 spiro atoms. The highest BCUT2D eigenvalue weighted by Crippen LogP contribution is 2.25. The molecule has 1 atom stereocenters. The Morgan fingerprint density at radius 1 is 1.14 bits per heavy atom. The van der Waals surface area contributed by atoms with Crippen molar-refractivity contribution in [2.45, 2.75) is 13.0 Å². The van der Waals surface area contributed by atoms with E-state index in [-0.39, 0.29) is 0 Å². The third-order valence-electron chi connectivity index (χ3n) is 3.11. The van der Waals surface area contributed by atoms with Crippen LogP contribution >= 0.6 is 15.9 Å². The van der Waals surface area contributed by atoms with E-state index in [1.807, 2.05) is 48.5 Å². The first-order valence-electron chi connectivity index (χ1n) is 6.48. The monoisotopic (exact) mass is 344 g/mol. The molecule has 0 unspecified atom stereocenters. The van der Waals surface area contributed by atoms with Crippen molar-refractivity contribution in [3.63, 3.8) is 0 Å². The quantitative estimate of drug-likeness (QED) is 0.792. The molecule has 6 heteroatoms. The first-order chi connectivity index (χ1) is 10.1. The summed E-state index contributed by atoms with van der Waals surface area (Å²) >= 11 is 3.45. The molecular formula is C15H13BrN4O. The van der Waals surface area contributed by atoms with Crippen LogP contribution in [0.2, 0.25) is 0 Å². The third-order valence-corrected chi connectivity index (χ3v) is 3.80. The van der Waals surface area contributed by atoms with Crippen LogP contribution in [0.15, 0.2) is 53.0 Å². The van der Waals surface area contributed by atoms with Crippen molar-refractivity contribution in [3.8, 4) is 17.1 Å². The maximum Gasteiger partial charge on any atom is 0.205 e. The van der Waals surface area contributed by atoms with Gasteiger partial charge in [0.15, 0.2) is 0 Å². The van der Waals surface area contributed by atoms with Gasteiger partial charge in [-0.1, -0.05) is 52.3 Å². The van der Waals surface area contributed by atoms with E-state index in [0.717, 1.165) is 21.3 Å². The van der Waals surface area contributed by atoms with Crippen molar-refractivity contribution >= 4 is 15.9 Å². The highest BCUT2D eigenvalue weighted by atomic mass is 79.9. The standard InChI is InChI=1S/C15H13BrN4O/c1-10(21)13-8-7-12(9-14(13)16)20-18-15(17-19-20)11-5-3-2-4-6-11/h2-10,21H,1H3/t10-/m1/s1. The number of hydrogen-bond acceptors (Lipinski definition) is 4. The van der Waals surface area contributed by atoms with Gasteiger partial charge in [-0.3, -0.25) is 0 Å². The molecule has 0 radical (unpaired) electrons. The van der Waals surface area contributed by atoms with Crippen molar-refractivity contribution < 1.29 is 5.11 Å². The van der Waals surface area contributed by atoms with E-state index in [9.17, 15) is 5.11 Å². The van der Waals surface area contributed by atoms with Gasteiger partial charge in [-0.2, -0.15) is 0 Å². The Morgan fingerprint density at radius 2 is 1.90 bits per heavy atom. The Kier molecular flexibility index (Phi) is 3.81. The highest BCUT2D eigenvalue weighted by molar-refractivity contribution is 9.10. The minimum Gasteiger partial charge on any atom is -0.389 e. The molecule has 3 rings (SSSR count). The summed E-state index contributed by atoms with van der Waals surface area (Å²) in [7, 11) is 0. The van der Waals surface area contributed by atoms with Crippen LogP contribution < -0.4 is 0 Å². The Morgan fingerprint density at radius 3 is 2.57 bits per heavy atom. The van der Waals surface area contributed by atoms with Crippen LogP contribution in [-0.2, 0) is 0 Å². The lowest BCUT2D eigenvalue weighted by Gasteiger charge is -2.08. The van der Waals surface area contributed by atoms with E-state index >= 15 is 0 Å². The summed E-state index contributed by atoms with van der Waals surface area (Å²) in [5, 5.41) is 22.2. The zero-order valence-electron chi connectivity index (χ0n) is 11.3. The second-order valence-corrected chi connectivity index (χ2v) is 5.50. The lowest BCUT2D eigenvalue weighted by atomic mass is 10.1. The zero-order valence-corrected chi connectivity index (χ0v) is 12.9. The number of halogens is 1. The molecule has 3 aromatic rings. The Balaban J connectivity index is 1.95. The van der Waals surface area contributed by atoms with Crippen molar-refractivity contribution in [3.05, 3.63) is 58.6 Å². The van der Waals surface area contributed by atoms with Crippen molar-refractivity contribution in [2.24, 2.45) is 0 Å². The van der Waals surface area contributed by atoms with Crippen LogP contribution in [0, 0.1) is 0 Å². The van der Waals surface area contributed by atoms with Crippen LogP contribution in [-0.4, -0.2) is 25.3 Å². The number of aliphatic hydroxyl groups is 1. The van der Waals surface area contributed by atoms with Crippen LogP contribution in [0.1, 0.15) is 18.6 Å². The lowest BCUT2D eigenvalue weighted by molar-refractivity contribution is 0.198. The molecule has 0 fully saturated rings. The van der Waals surface area contributed by atoms with E-state index in [0.29, 0.717) is 5.82 Å². The molecule has 106 valence electrons. The summed E-state index contributed by atoms with van der Waals surface area (Å²) < 4.78 is 0.813. The number of aliphatic hydroxyl groups excluding tert-OH is 1. The molecule has 5 nitrogen and oxygen atoms in total. The second kappa shape index (κ2) is 5.75. The average Bonchev–Trinajstić information content (AvgIpc) is 2.97. The zero-order chi connectivity index (χ0) is 14.8. The fraction of sp³-hybridized carbons (Fsp3) is 0.133. The SMILES string of the molecule is C[C@@H](O)c1ccc(-n2nnc(-c3ccccc3)n2)cc1Br. The summed E-state index contributed by atoms with van der Waals surface area (Å²) in [5.41, 5.74) is 2.52. The number of benzene rings is 2. The van der Waals surface area contributed by atoms with Crippen LogP contribution in [0.25, 0.3) is 17.1 Å². The number of nitrogens with zero attached hydrogens (tertiary/aromatic N) is 4. The molecule has 1 heterocycles. The summed E-state index contributed by atoms with van der Waals surface area (Å²) in [5.74, 6) is 0.575. The molecule has 0 saturated heterocycles. The van der Waals surface area contributed by atoms with Gasteiger partial charge < -0.3 is 5.11 Å². The smallest absolute Gasteiger partial charge is 0.205 e. The molecule has 0 bridgehead atoms. The molecular weight excluding hydrogens is 332 g/mol. The van der Waals surface area contributed by atoms with Crippen LogP contribution in [0.3, 0.4) is 0 Å². The highest BCUT2D eigenvalue weighted by Gasteiger charge is 2.10. The van der Waals surface area contributed by atoms with E-state index in [4.69, 9.17) is 0 Å². The molecule has 2 aromatic carbocycles. The van der Waals surface area contributed by atoms with E-state index < -0.39 is 6.10 Å². The molecule has 0 aliphatic rings. The molecule has 21 heavy (non-hydrogen) atoms. The van der Waals surface area contributed by atoms with E-state index in [1.54, 1.807) is 6.92 Å². The van der Waals surface area contributed by atoms with Gasteiger partial charge in [0.25, 0.3) is 0 Å². The van der Waals surface area contributed by atoms with Crippen molar-refractivity contribution in [1.29, 1.82) is 0 Å². The third kappa shape index (κ3) is 2.86. The average molecular weight is 345 g/mol. The van der Waals surface area contributed by atoms with Crippen molar-refractivity contribution in [1.82, 2.24) is 20.2 Å². The molecule has 0 saturated carbocycles. The maximum atomic E-state index is 9.64. The van der Waals surface area contributed by atoms with Gasteiger partial charge >= 0.3 is 0 Å². The maximum absolute atomic E-state index is 9.64. The van der Waals surface area contributed by atoms with E-state index in [2.05, 4.69) is 31.3 Å². The minimum absolute atomic E-state index is 0.531. The molecule has 1 N–H and O–H groups in total. The van der Waals surface area contributed by atoms with E-state index in [1.165, 1.54) is 4.80 Å². The first-order valence-corrected chi connectivity index (χ1v) is 7.28. The molecule has 0 aliphatic carbocycles. The number of tetrazole rings is 1. The van der Waals surface area contributed by atoms with Gasteiger partial charge in [0, 0.05) is 10.0 Å². The summed E-state index contributed by atoms with van der Waals surface area (Å²) in [6.07, 6.45) is -0.531. The molecule has 1 aromatic heterocycles. The fourth-order valence-electron chi connectivity index (χ4n) is 2.01. The predicted molar refractivity (Wildman–Crippen MR) is 82.9 cm³/mol. The summed E-state index contributed by atoms with van der Waals surface area (Å²) in [6, 6.07) is 15.2.